The van der Waals surface area contributed by atoms with Crippen molar-refractivity contribution in [3.63, 3.8) is 0 Å². The van der Waals surface area contributed by atoms with Crippen LogP contribution in [0.15, 0.2) is 0 Å². The molecule has 2 heterocycles. The molecule has 4 nitrogen and oxygen atoms in total. The fourth-order valence-electron chi connectivity index (χ4n) is 5.59. The lowest BCUT2D eigenvalue weighted by Crippen LogP contribution is -2.68. The van der Waals surface area contributed by atoms with E-state index in [2.05, 4.69) is 24.5 Å². The fraction of sp³-hybridized carbons (Fsp3) is 0.941. The van der Waals surface area contributed by atoms with Crippen LogP contribution in [0, 0.1) is 22.7 Å². The number of hydrogen-bond donors (Lipinski definition) is 2. The van der Waals surface area contributed by atoms with Crippen LogP contribution in [-0.2, 0) is 9.53 Å². The third-order valence-electron chi connectivity index (χ3n) is 6.88. The van der Waals surface area contributed by atoms with Gasteiger partial charge in [0.05, 0.1) is 11.5 Å². The van der Waals surface area contributed by atoms with Crippen molar-refractivity contribution in [3.05, 3.63) is 0 Å². The highest BCUT2D eigenvalue weighted by molar-refractivity contribution is 5.85. The summed E-state index contributed by atoms with van der Waals surface area (Å²) in [4.78, 5) is 13.1. The summed E-state index contributed by atoms with van der Waals surface area (Å²) in [6.07, 6.45) is 6.22. The molecule has 2 N–H and O–H groups in total. The molecule has 0 radical (unpaired) electrons. The zero-order valence-corrected chi connectivity index (χ0v) is 14.5. The lowest BCUT2D eigenvalue weighted by Gasteiger charge is -2.55. The van der Waals surface area contributed by atoms with Gasteiger partial charge in [0.25, 0.3) is 0 Å². The number of halogens is 1. The highest BCUT2D eigenvalue weighted by Gasteiger charge is 2.61. The SMILES string of the molecule is CC1(C)C(NC(=O)[C@@]23CCCC[C@H]2CNC3)C2CCOC21.Cl. The summed E-state index contributed by atoms with van der Waals surface area (Å²) in [6, 6.07) is 0.301. The monoisotopic (exact) mass is 328 g/mol. The van der Waals surface area contributed by atoms with Gasteiger partial charge in [0.1, 0.15) is 0 Å². The smallest absolute Gasteiger partial charge is 0.228 e. The van der Waals surface area contributed by atoms with E-state index in [4.69, 9.17) is 4.74 Å². The van der Waals surface area contributed by atoms with Crippen LogP contribution in [0.2, 0.25) is 0 Å². The van der Waals surface area contributed by atoms with Gasteiger partial charge in [0.15, 0.2) is 0 Å². The van der Waals surface area contributed by atoms with E-state index < -0.39 is 0 Å². The van der Waals surface area contributed by atoms with Gasteiger partial charge in [0, 0.05) is 30.5 Å². The van der Waals surface area contributed by atoms with Gasteiger partial charge < -0.3 is 15.4 Å². The molecular formula is C17H29ClN2O2. The Morgan fingerprint density at radius 3 is 2.91 bits per heavy atom. The molecule has 2 saturated carbocycles. The van der Waals surface area contributed by atoms with Crippen molar-refractivity contribution in [2.45, 2.75) is 58.1 Å². The van der Waals surface area contributed by atoms with Crippen LogP contribution in [0.3, 0.4) is 0 Å². The lowest BCUT2D eigenvalue weighted by molar-refractivity contribution is -0.148. The van der Waals surface area contributed by atoms with Crippen LogP contribution >= 0.6 is 12.4 Å². The summed E-state index contributed by atoms with van der Waals surface area (Å²) in [6.45, 7) is 7.25. The number of nitrogens with one attached hydrogen (secondary N) is 2. The van der Waals surface area contributed by atoms with Crippen molar-refractivity contribution in [1.82, 2.24) is 10.6 Å². The number of amides is 1. The zero-order chi connectivity index (χ0) is 14.7. The van der Waals surface area contributed by atoms with E-state index in [-0.39, 0.29) is 23.2 Å². The van der Waals surface area contributed by atoms with Crippen molar-refractivity contribution in [2.75, 3.05) is 19.7 Å². The van der Waals surface area contributed by atoms with Crippen molar-refractivity contribution in [2.24, 2.45) is 22.7 Å². The van der Waals surface area contributed by atoms with Gasteiger partial charge in [0.2, 0.25) is 5.91 Å². The Labute approximate surface area is 139 Å². The number of ether oxygens (including phenoxy) is 1. The number of fused-ring (bicyclic) bond motifs is 2. The normalized spacial score (nSPS) is 45.2. The largest absolute Gasteiger partial charge is 0.377 e. The Bertz CT molecular complexity index is 456. The molecule has 2 aliphatic carbocycles. The van der Waals surface area contributed by atoms with Crippen molar-refractivity contribution in [1.29, 1.82) is 0 Å². The number of rotatable bonds is 2. The molecule has 0 spiro atoms. The fourth-order valence-corrected chi connectivity index (χ4v) is 5.59. The first-order valence-electron chi connectivity index (χ1n) is 8.69. The highest BCUT2D eigenvalue weighted by atomic mass is 35.5. The third kappa shape index (κ3) is 2.14. The van der Waals surface area contributed by atoms with Crippen molar-refractivity contribution >= 4 is 18.3 Å². The molecular weight excluding hydrogens is 300 g/mol. The first-order valence-corrected chi connectivity index (χ1v) is 8.69. The van der Waals surface area contributed by atoms with E-state index >= 15 is 0 Å². The molecule has 1 amide bonds. The summed E-state index contributed by atoms with van der Waals surface area (Å²) in [7, 11) is 0. The van der Waals surface area contributed by atoms with Gasteiger partial charge in [-0.3, -0.25) is 4.79 Å². The summed E-state index contributed by atoms with van der Waals surface area (Å²) in [5.74, 6) is 1.41. The third-order valence-corrected chi connectivity index (χ3v) is 6.88. The molecule has 22 heavy (non-hydrogen) atoms. The standard InChI is InChI=1S/C17H28N2O2.ClH/c1-16(2)13(12-6-8-21-14(12)16)19-15(20)17-7-4-3-5-11(17)9-18-10-17;/h11-14,18H,3-10H2,1-2H3,(H,19,20);1H/t11-,12?,13?,14?,17+;/m0./s1. The first-order chi connectivity index (χ1) is 10.1. The Morgan fingerprint density at radius 1 is 1.27 bits per heavy atom. The molecule has 0 aromatic heterocycles. The second-order valence-electron chi connectivity index (χ2n) is 8.25. The summed E-state index contributed by atoms with van der Waals surface area (Å²) in [5.41, 5.74) is -0.0391. The van der Waals surface area contributed by atoms with E-state index in [1.807, 2.05) is 0 Å². The molecule has 4 rings (SSSR count). The minimum atomic E-state index is -0.126. The molecule has 4 aliphatic rings. The summed E-state index contributed by atoms with van der Waals surface area (Å²) < 4.78 is 5.85. The number of carbonyl (C=O) groups excluding carboxylic acids is 1. The Balaban J connectivity index is 0.00000144. The van der Waals surface area contributed by atoms with Crippen LogP contribution in [0.4, 0.5) is 0 Å². The van der Waals surface area contributed by atoms with Gasteiger partial charge in [-0.15, -0.1) is 12.4 Å². The Morgan fingerprint density at radius 2 is 2.09 bits per heavy atom. The number of carbonyl (C=O) groups is 1. The maximum absolute atomic E-state index is 13.1. The van der Waals surface area contributed by atoms with Crippen molar-refractivity contribution < 1.29 is 9.53 Å². The topological polar surface area (TPSA) is 50.4 Å². The number of hydrogen-bond acceptors (Lipinski definition) is 3. The van der Waals surface area contributed by atoms with Crippen LogP contribution in [0.1, 0.15) is 46.0 Å². The molecule has 2 aliphatic heterocycles. The zero-order valence-electron chi connectivity index (χ0n) is 13.7. The predicted molar refractivity (Wildman–Crippen MR) is 88.1 cm³/mol. The van der Waals surface area contributed by atoms with E-state index in [1.54, 1.807) is 0 Å². The summed E-state index contributed by atoms with van der Waals surface area (Å²) >= 11 is 0. The van der Waals surface area contributed by atoms with Crippen molar-refractivity contribution in [3.8, 4) is 0 Å². The van der Waals surface area contributed by atoms with E-state index in [0.717, 1.165) is 32.5 Å². The molecule has 0 bridgehead atoms. The van der Waals surface area contributed by atoms with Crippen LogP contribution in [0.5, 0.6) is 0 Å². The molecule has 2 saturated heterocycles. The first kappa shape index (κ1) is 16.5. The van der Waals surface area contributed by atoms with E-state index in [0.29, 0.717) is 29.9 Å². The lowest BCUT2D eigenvalue weighted by atomic mass is 9.57. The molecule has 126 valence electrons. The van der Waals surface area contributed by atoms with Gasteiger partial charge in [-0.25, -0.2) is 0 Å². The maximum Gasteiger partial charge on any atom is 0.228 e. The molecule has 3 unspecified atom stereocenters. The van der Waals surface area contributed by atoms with Gasteiger partial charge in [-0.05, 0) is 31.7 Å². The molecule has 0 aromatic carbocycles. The molecule has 5 atom stereocenters. The average molecular weight is 329 g/mol. The second kappa shape index (κ2) is 5.64. The minimum Gasteiger partial charge on any atom is -0.377 e. The van der Waals surface area contributed by atoms with Crippen LogP contribution in [0.25, 0.3) is 0 Å². The van der Waals surface area contributed by atoms with Crippen LogP contribution < -0.4 is 10.6 Å². The molecule has 0 aromatic rings. The Kier molecular flexibility index (Phi) is 4.24. The van der Waals surface area contributed by atoms with Gasteiger partial charge in [-0.2, -0.15) is 0 Å². The minimum absolute atomic E-state index is 0. The summed E-state index contributed by atoms with van der Waals surface area (Å²) in [5, 5.41) is 6.93. The predicted octanol–water partition coefficient (Wildman–Crippen LogP) is 2.12. The molecule has 5 heteroatoms. The van der Waals surface area contributed by atoms with Gasteiger partial charge in [-0.1, -0.05) is 26.7 Å². The molecule has 4 fully saturated rings. The highest BCUT2D eigenvalue weighted by Crippen LogP contribution is 2.53. The van der Waals surface area contributed by atoms with E-state index in [1.165, 1.54) is 19.3 Å². The quantitative estimate of drug-likeness (QED) is 0.816. The second-order valence-corrected chi connectivity index (χ2v) is 8.25. The Hall–Kier alpha value is -0.320. The van der Waals surface area contributed by atoms with Gasteiger partial charge >= 0.3 is 0 Å². The maximum atomic E-state index is 13.1. The average Bonchev–Trinajstić information content (AvgIpc) is 3.10. The van der Waals surface area contributed by atoms with E-state index in [9.17, 15) is 4.79 Å². The van der Waals surface area contributed by atoms with Crippen LogP contribution in [-0.4, -0.2) is 37.7 Å².